The third-order valence-corrected chi connectivity index (χ3v) is 5.35. The lowest BCUT2D eigenvalue weighted by molar-refractivity contribution is 0.188. The first kappa shape index (κ1) is 19.6. The largest absolute Gasteiger partial charge is 0.340 e. The van der Waals surface area contributed by atoms with Gasteiger partial charge in [-0.25, -0.2) is 0 Å². The highest BCUT2D eigenvalue weighted by Gasteiger charge is 2.23. The van der Waals surface area contributed by atoms with Gasteiger partial charge >= 0.3 is 0 Å². The average molecular weight is 358 g/mol. The molecule has 3 rings (SSSR count). The van der Waals surface area contributed by atoms with Crippen molar-refractivity contribution in [2.45, 2.75) is 51.6 Å². The molecule has 0 aromatic carbocycles. The van der Waals surface area contributed by atoms with E-state index in [0.717, 1.165) is 18.3 Å². The Hall–Kier alpha value is -0.690. The molecule has 0 amide bonds. The van der Waals surface area contributed by atoms with Crippen molar-refractivity contribution in [2.75, 3.05) is 39.8 Å². The molecule has 2 fully saturated rings. The minimum atomic E-state index is 0. The molecule has 2 aliphatic heterocycles. The van der Waals surface area contributed by atoms with Gasteiger partial charge in [0.15, 0.2) is 5.82 Å². The smallest absolute Gasteiger partial charge is 0.223 e. The first-order chi connectivity index (χ1) is 11.2. The van der Waals surface area contributed by atoms with Gasteiger partial charge in [-0.2, -0.15) is 4.98 Å². The number of nitrogens with one attached hydrogen (secondary N) is 1. The van der Waals surface area contributed by atoms with Crippen molar-refractivity contribution < 1.29 is 4.52 Å². The summed E-state index contributed by atoms with van der Waals surface area (Å²) in [7, 11) is 2.19. The maximum atomic E-state index is 5.08. The number of aromatic nitrogens is 2. The fourth-order valence-corrected chi connectivity index (χ4v) is 3.95. The molecule has 0 radical (unpaired) electrons. The van der Waals surface area contributed by atoms with Crippen LogP contribution < -0.4 is 5.32 Å². The molecule has 6 nitrogen and oxygen atoms in total. The zero-order valence-electron chi connectivity index (χ0n) is 15.0. The highest BCUT2D eigenvalue weighted by molar-refractivity contribution is 5.85. The molecular formula is C17H32ClN5O. The van der Waals surface area contributed by atoms with Crippen LogP contribution in [0.3, 0.4) is 0 Å². The normalized spacial score (nSPS) is 23.9. The molecule has 24 heavy (non-hydrogen) atoms. The summed E-state index contributed by atoms with van der Waals surface area (Å²) in [5, 5.41) is 7.49. The van der Waals surface area contributed by atoms with E-state index in [2.05, 4.69) is 32.3 Å². The molecule has 0 aliphatic carbocycles. The number of halogens is 1. The van der Waals surface area contributed by atoms with E-state index >= 15 is 0 Å². The van der Waals surface area contributed by atoms with Crippen molar-refractivity contribution in [1.29, 1.82) is 0 Å². The number of rotatable bonds is 5. The number of aryl methyl sites for hydroxylation is 1. The molecule has 1 aromatic heterocycles. The van der Waals surface area contributed by atoms with E-state index in [1.807, 2.05) is 6.92 Å². The van der Waals surface area contributed by atoms with Crippen molar-refractivity contribution in [1.82, 2.24) is 25.3 Å². The van der Waals surface area contributed by atoms with Crippen molar-refractivity contribution in [3.63, 3.8) is 0 Å². The van der Waals surface area contributed by atoms with Crippen LogP contribution in [-0.4, -0.2) is 65.8 Å². The van der Waals surface area contributed by atoms with E-state index in [0.29, 0.717) is 11.9 Å². The Kier molecular flexibility index (Phi) is 7.94. The summed E-state index contributed by atoms with van der Waals surface area (Å²) in [6.07, 6.45) is 6.51. The van der Waals surface area contributed by atoms with Crippen LogP contribution in [0.4, 0.5) is 0 Å². The van der Waals surface area contributed by atoms with Crippen LogP contribution in [0.1, 0.15) is 43.8 Å². The zero-order valence-corrected chi connectivity index (χ0v) is 15.9. The molecule has 1 N–H and O–H groups in total. The third kappa shape index (κ3) is 5.69. The molecule has 1 atom stereocenters. The summed E-state index contributed by atoms with van der Waals surface area (Å²) >= 11 is 0. The Balaban J connectivity index is 0.00000208. The van der Waals surface area contributed by atoms with Crippen LogP contribution in [0.15, 0.2) is 4.52 Å². The van der Waals surface area contributed by atoms with E-state index in [1.54, 1.807) is 0 Å². The Bertz CT molecular complexity index is 477. The molecule has 2 aliphatic rings. The van der Waals surface area contributed by atoms with Gasteiger partial charge in [0.2, 0.25) is 5.89 Å². The Morgan fingerprint density at radius 1 is 1.21 bits per heavy atom. The minimum Gasteiger partial charge on any atom is -0.340 e. The predicted molar refractivity (Wildman–Crippen MR) is 97.4 cm³/mol. The highest BCUT2D eigenvalue weighted by Crippen LogP contribution is 2.20. The Morgan fingerprint density at radius 2 is 2.00 bits per heavy atom. The fraction of sp³-hybridized carbons (Fsp3) is 0.882. The van der Waals surface area contributed by atoms with E-state index in [-0.39, 0.29) is 12.4 Å². The average Bonchev–Trinajstić information content (AvgIpc) is 2.82. The van der Waals surface area contributed by atoms with Gasteiger partial charge in [-0.05, 0) is 71.2 Å². The lowest BCUT2D eigenvalue weighted by Gasteiger charge is -2.29. The van der Waals surface area contributed by atoms with Gasteiger partial charge in [0, 0.05) is 19.5 Å². The van der Waals surface area contributed by atoms with Gasteiger partial charge in [-0.3, -0.25) is 4.90 Å². The van der Waals surface area contributed by atoms with Crippen LogP contribution >= 0.6 is 12.4 Å². The maximum absolute atomic E-state index is 5.08. The topological polar surface area (TPSA) is 57.4 Å². The molecule has 1 unspecified atom stereocenters. The third-order valence-electron chi connectivity index (χ3n) is 5.35. The molecule has 0 bridgehead atoms. The van der Waals surface area contributed by atoms with E-state index < -0.39 is 0 Å². The number of hydrogen-bond donors (Lipinski definition) is 1. The summed E-state index contributed by atoms with van der Waals surface area (Å²) in [5.74, 6) is 2.36. The minimum absolute atomic E-state index is 0. The van der Waals surface area contributed by atoms with Crippen LogP contribution in [0.25, 0.3) is 0 Å². The second kappa shape index (κ2) is 9.70. The second-order valence-corrected chi connectivity index (χ2v) is 7.22. The highest BCUT2D eigenvalue weighted by atomic mass is 35.5. The van der Waals surface area contributed by atoms with Crippen LogP contribution in [-0.2, 0) is 6.54 Å². The quantitative estimate of drug-likeness (QED) is 0.870. The number of nitrogens with zero attached hydrogens (tertiary/aromatic N) is 4. The summed E-state index contributed by atoms with van der Waals surface area (Å²) in [4.78, 5) is 9.42. The number of likely N-dealkylation sites (tertiary alicyclic amines) is 1. The molecular weight excluding hydrogens is 326 g/mol. The summed E-state index contributed by atoms with van der Waals surface area (Å²) in [6, 6.07) is 0.631. The zero-order chi connectivity index (χ0) is 16.1. The Morgan fingerprint density at radius 3 is 2.71 bits per heavy atom. The summed E-state index contributed by atoms with van der Waals surface area (Å²) in [5.41, 5.74) is 0. The lowest BCUT2D eigenvalue weighted by atomic mass is 9.97. The fourth-order valence-electron chi connectivity index (χ4n) is 3.95. The van der Waals surface area contributed by atoms with Gasteiger partial charge in [0.1, 0.15) is 0 Å². The van der Waals surface area contributed by atoms with E-state index in [1.165, 1.54) is 64.8 Å². The van der Waals surface area contributed by atoms with Gasteiger partial charge < -0.3 is 14.7 Å². The molecule has 7 heteroatoms. The van der Waals surface area contributed by atoms with E-state index in [9.17, 15) is 0 Å². The van der Waals surface area contributed by atoms with Crippen molar-refractivity contribution in [3.8, 4) is 0 Å². The first-order valence-electron chi connectivity index (χ1n) is 9.13. The molecule has 1 aromatic rings. The lowest BCUT2D eigenvalue weighted by Crippen LogP contribution is -2.37. The molecule has 138 valence electrons. The van der Waals surface area contributed by atoms with Crippen LogP contribution in [0.5, 0.6) is 0 Å². The monoisotopic (exact) mass is 357 g/mol. The standard InChI is InChI=1S/C17H31N5O.ClH/c1-14-19-17(20-23-14)13-21(2)16-4-3-10-22(11-7-16)12-15-5-8-18-9-6-15;/h15-16,18H,3-13H2,1-2H3;1H. The second-order valence-electron chi connectivity index (χ2n) is 7.22. The van der Waals surface area contributed by atoms with Crippen LogP contribution in [0.2, 0.25) is 0 Å². The molecule has 3 heterocycles. The molecule has 0 saturated carbocycles. The van der Waals surface area contributed by atoms with Gasteiger partial charge in [-0.1, -0.05) is 5.16 Å². The molecule has 2 saturated heterocycles. The summed E-state index contributed by atoms with van der Waals surface area (Å²) in [6.45, 7) is 8.82. The maximum Gasteiger partial charge on any atom is 0.223 e. The van der Waals surface area contributed by atoms with Crippen molar-refractivity contribution in [3.05, 3.63) is 11.7 Å². The Labute approximate surface area is 151 Å². The SMILES string of the molecule is Cc1nc(CN(C)C2CCCN(CC3CCNCC3)CC2)no1.Cl. The molecule has 0 spiro atoms. The van der Waals surface area contributed by atoms with E-state index in [4.69, 9.17) is 4.52 Å². The number of piperidine rings is 1. The predicted octanol–water partition coefficient (Wildman–Crippen LogP) is 2.09. The van der Waals surface area contributed by atoms with Gasteiger partial charge in [-0.15, -0.1) is 12.4 Å². The van der Waals surface area contributed by atoms with Gasteiger partial charge in [0.25, 0.3) is 0 Å². The summed E-state index contributed by atoms with van der Waals surface area (Å²) < 4.78 is 5.08. The number of hydrogen-bond acceptors (Lipinski definition) is 6. The first-order valence-corrected chi connectivity index (χ1v) is 9.13. The van der Waals surface area contributed by atoms with Crippen molar-refractivity contribution in [2.24, 2.45) is 5.92 Å². The van der Waals surface area contributed by atoms with Crippen LogP contribution in [0, 0.1) is 12.8 Å². The van der Waals surface area contributed by atoms with Gasteiger partial charge in [0.05, 0.1) is 6.54 Å². The van der Waals surface area contributed by atoms with Crippen molar-refractivity contribution >= 4 is 12.4 Å².